The van der Waals surface area contributed by atoms with E-state index in [0.29, 0.717) is 17.3 Å². The molecule has 1 N–H and O–H groups in total. The molecule has 0 saturated carbocycles. The number of halogens is 1. The average Bonchev–Trinajstić information content (AvgIpc) is 3.26. The fourth-order valence-electron chi connectivity index (χ4n) is 3.24. The second-order valence-corrected chi connectivity index (χ2v) is 7.11. The normalized spacial score (nSPS) is 10.8. The average molecular weight is 405 g/mol. The first-order chi connectivity index (χ1) is 14.0. The largest absolute Gasteiger partial charge is 0.274 e. The Balaban J connectivity index is 1.68. The number of aryl methyl sites for hydroxylation is 1. The third-order valence-electron chi connectivity index (χ3n) is 4.55. The Morgan fingerprint density at radius 1 is 1.17 bits per heavy atom. The van der Waals surface area contributed by atoms with Gasteiger partial charge in [0.25, 0.3) is 0 Å². The van der Waals surface area contributed by atoms with Crippen molar-refractivity contribution in [2.24, 2.45) is 0 Å². The number of rotatable bonds is 5. The van der Waals surface area contributed by atoms with E-state index in [2.05, 4.69) is 10.4 Å². The van der Waals surface area contributed by atoms with Gasteiger partial charge < -0.3 is 0 Å². The second-order valence-electron chi connectivity index (χ2n) is 6.67. The number of aromatic nitrogens is 4. The Hall–Kier alpha value is -3.63. The molecule has 0 aliphatic heterocycles. The van der Waals surface area contributed by atoms with Gasteiger partial charge in [0.2, 0.25) is 5.91 Å². The number of fused-ring (bicyclic) bond motifs is 1. The van der Waals surface area contributed by atoms with Crippen molar-refractivity contribution in [3.05, 3.63) is 76.7 Å². The summed E-state index contributed by atoms with van der Waals surface area (Å²) in [7, 11) is 0. The number of nitrogens with zero attached hydrogens (tertiary/aromatic N) is 5. The van der Waals surface area contributed by atoms with E-state index >= 15 is 0 Å². The van der Waals surface area contributed by atoms with E-state index < -0.39 is 0 Å². The van der Waals surface area contributed by atoms with Gasteiger partial charge >= 0.3 is 0 Å². The van der Waals surface area contributed by atoms with Gasteiger partial charge in [-0.3, -0.25) is 14.8 Å². The highest BCUT2D eigenvalue weighted by molar-refractivity contribution is 6.31. The van der Waals surface area contributed by atoms with Crippen LogP contribution in [-0.4, -0.2) is 25.3 Å². The molecule has 7 nitrogen and oxygen atoms in total. The number of nitriles is 1. The zero-order chi connectivity index (χ0) is 20.4. The molecule has 1 aromatic carbocycles. The molecule has 0 unspecified atom stereocenters. The Labute approximate surface area is 172 Å². The van der Waals surface area contributed by atoms with E-state index in [4.69, 9.17) is 22.0 Å². The van der Waals surface area contributed by atoms with E-state index in [1.54, 1.807) is 10.9 Å². The minimum atomic E-state index is -0.387. The predicted octanol–water partition coefficient (Wildman–Crippen LogP) is 3.35. The maximum Gasteiger partial charge on any atom is 0.239 e. The molecule has 0 aliphatic carbocycles. The van der Waals surface area contributed by atoms with Crippen molar-refractivity contribution in [1.29, 1.82) is 5.26 Å². The summed E-state index contributed by atoms with van der Waals surface area (Å²) >= 11 is 6.34. The number of pyridine rings is 1. The summed E-state index contributed by atoms with van der Waals surface area (Å²) in [5.41, 5.74) is 5.14. The van der Waals surface area contributed by atoms with Crippen molar-refractivity contribution in [3.8, 4) is 17.5 Å². The molecular formula is C21H17ClN6O. The number of hydrogen-bond donors (Lipinski definition) is 1. The maximum atomic E-state index is 11.6. The molecule has 3 aromatic heterocycles. The summed E-state index contributed by atoms with van der Waals surface area (Å²) in [5.74, 6) is -0.387. The van der Waals surface area contributed by atoms with Gasteiger partial charge in [0, 0.05) is 16.3 Å². The van der Waals surface area contributed by atoms with Crippen LogP contribution in [-0.2, 0) is 17.8 Å². The lowest BCUT2D eigenvalue weighted by molar-refractivity contribution is -0.119. The molecule has 4 aromatic rings. The minimum Gasteiger partial charge on any atom is -0.274 e. The first-order valence-electron chi connectivity index (χ1n) is 8.98. The first-order valence-corrected chi connectivity index (χ1v) is 9.36. The van der Waals surface area contributed by atoms with Crippen LogP contribution in [0.5, 0.6) is 0 Å². The minimum absolute atomic E-state index is 0.0479. The van der Waals surface area contributed by atoms with Crippen molar-refractivity contribution in [2.45, 2.75) is 19.9 Å². The summed E-state index contributed by atoms with van der Waals surface area (Å²) < 4.78 is 3.65. The maximum absolute atomic E-state index is 11.6. The van der Waals surface area contributed by atoms with Crippen molar-refractivity contribution < 1.29 is 4.79 Å². The summed E-state index contributed by atoms with van der Waals surface area (Å²) in [6, 6.07) is 17.5. The number of carbonyl (C=O) groups is 1. The molecule has 0 radical (unpaired) electrons. The van der Waals surface area contributed by atoms with Crippen LogP contribution in [0.3, 0.4) is 0 Å². The molecular weight excluding hydrogens is 388 g/mol. The lowest BCUT2D eigenvalue weighted by atomic mass is 10.1. The molecule has 4 rings (SSSR count). The number of nitrogens with one attached hydrogen (secondary N) is 1. The van der Waals surface area contributed by atoms with E-state index in [1.807, 2.05) is 66.0 Å². The first kappa shape index (κ1) is 18.7. The number of amides is 1. The van der Waals surface area contributed by atoms with E-state index in [9.17, 15) is 4.79 Å². The van der Waals surface area contributed by atoms with Crippen LogP contribution in [0.15, 0.2) is 54.6 Å². The van der Waals surface area contributed by atoms with Gasteiger partial charge in [-0.25, -0.2) is 4.52 Å². The van der Waals surface area contributed by atoms with Gasteiger partial charge in [0.15, 0.2) is 6.19 Å². The van der Waals surface area contributed by atoms with Crippen molar-refractivity contribution in [3.63, 3.8) is 0 Å². The topological polar surface area (TPSA) is 88.0 Å². The molecule has 144 valence electrons. The molecule has 8 heteroatoms. The molecule has 0 bridgehead atoms. The van der Waals surface area contributed by atoms with Crippen LogP contribution < -0.4 is 5.32 Å². The molecule has 0 fully saturated rings. The SMILES string of the molecule is Cc1cc(CC(=O)NC#N)nn1Cc1cc(Cl)cc2cc(-c3ccccc3)nn12. The number of hydrogen-bond acceptors (Lipinski definition) is 4. The highest BCUT2D eigenvalue weighted by atomic mass is 35.5. The second kappa shape index (κ2) is 7.78. The van der Waals surface area contributed by atoms with Crippen LogP contribution in [0.2, 0.25) is 5.02 Å². The lowest BCUT2D eigenvalue weighted by Gasteiger charge is -2.08. The third-order valence-corrected chi connectivity index (χ3v) is 4.77. The fraction of sp³-hybridized carbons (Fsp3) is 0.143. The summed E-state index contributed by atoms with van der Waals surface area (Å²) in [6.45, 7) is 2.36. The molecule has 29 heavy (non-hydrogen) atoms. The number of benzene rings is 1. The highest BCUT2D eigenvalue weighted by Crippen LogP contribution is 2.24. The van der Waals surface area contributed by atoms with Gasteiger partial charge in [0.05, 0.1) is 35.6 Å². The fourth-order valence-corrected chi connectivity index (χ4v) is 3.48. The molecule has 0 aliphatic rings. The summed E-state index contributed by atoms with van der Waals surface area (Å²) in [5, 5.41) is 20.5. The van der Waals surface area contributed by atoms with Gasteiger partial charge in [-0.15, -0.1) is 0 Å². The summed E-state index contributed by atoms with van der Waals surface area (Å²) in [4.78, 5) is 11.6. The van der Waals surface area contributed by atoms with Crippen LogP contribution in [0.25, 0.3) is 16.8 Å². The van der Waals surface area contributed by atoms with Gasteiger partial charge in [-0.1, -0.05) is 41.9 Å². The van der Waals surface area contributed by atoms with Crippen LogP contribution in [0, 0.1) is 18.4 Å². The predicted molar refractivity (Wildman–Crippen MR) is 109 cm³/mol. The Morgan fingerprint density at radius 2 is 1.97 bits per heavy atom. The zero-order valence-electron chi connectivity index (χ0n) is 15.6. The molecule has 0 spiro atoms. The van der Waals surface area contributed by atoms with Crippen molar-refractivity contribution in [2.75, 3.05) is 0 Å². The molecule has 1 amide bonds. The van der Waals surface area contributed by atoms with E-state index in [0.717, 1.165) is 28.2 Å². The Morgan fingerprint density at radius 3 is 2.72 bits per heavy atom. The van der Waals surface area contributed by atoms with Gasteiger partial charge in [-0.2, -0.15) is 15.5 Å². The van der Waals surface area contributed by atoms with Gasteiger partial charge in [0.1, 0.15) is 0 Å². The van der Waals surface area contributed by atoms with Crippen LogP contribution >= 0.6 is 11.6 Å². The Kier molecular flexibility index (Phi) is 5.02. The standard InChI is InChI=1S/C21H17ClN6O/c1-14-7-17(10-21(29)24-13-23)25-27(14)12-19-9-16(22)8-18-11-20(26-28(18)19)15-5-3-2-4-6-15/h2-9,11H,10,12H2,1H3,(H,24,29). The van der Waals surface area contributed by atoms with Gasteiger partial charge in [-0.05, 0) is 31.2 Å². The van der Waals surface area contributed by atoms with Crippen LogP contribution in [0.1, 0.15) is 17.1 Å². The number of carbonyl (C=O) groups excluding carboxylic acids is 1. The van der Waals surface area contributed by atoms with Crippen LogP contribution in [0.4, 0.5) is 0 Å². The molecule has 0 atom stereocenters. The lowest BCUT2D eigenvalue weighted by Crippen LogP contribution is -2.19. The van der Waals surface area contributed by atoms with E-state index in [1.165, 1.54) is 0 Å². The van der Waals surface area contributed by atoms with Crippen molar-refractivity contribution >= 4 is 23.0 Å². The highest BCUT2D eigenvalue weighted by Gasteiger charge is 2.13. The molecule has 0 saturated heterocycles. The monoisotopic (exact) mass is 404 g/mol. The Bertz CT molecular complexity index is 1240. The third kappa shape index (κ3) is 3.98. The summed E-state index contributed by atoms with van der Waals surface area (Å²) in [6.07, 6.45) is 1.68. The van der Waals surface area contributed by atoms with Crippen molar-refractivity contribution in [1.82, 2.24) is 24.7 Å². The van der Waals surface area contributed by atoms with E-state index in [-0.39, 0.29) is 12.3 Å². The quantitative estimate of drug-likeness (QED) is 0.408. The zero-order valence-corrected chi connectivity index (χ0v) is 16.4. The molecule has 3 heterocycles. The smallest absolute Gasteiger partial charge is 0.239 e.